The van der Waals surface area contributed by atoms with Gasteiger partial charge in [0.1, 0.15) is 5.01 Å². The van der Waals surface area contributed by atoms with Gasteiger partial charge in [0.2, 0.25) is 5.13 Å². The van der Waals surface area contributed by atoms with Crippen molar-refractivity contribution >= 4 is 22.4 Å². The molecule has 0 aliphatic rings. The standard InChI is InChI=1S/C13H17N3O2S/c1-7(2)9-5-6-18-10(9)11(17)14-13-16-15-12(19-13)8(3)4/h5-8H,1-4H3,(H,14,16,17). The van der Waals surface area contributed by atoms with E-state index in [9.17, 15) is 4.79 Å². The molecule has 0 unspecified atom stereocenters. The van der Waals surface area contributed by atoms with Gasteiger partial charge in [-0.05, 0) is 12.0 Å². The molecule has 0 radical (unpaired) electrons. The number of aromatic nitrogens is 2. The van der Waals surface area contributed by atoms with Gasteiger partial charge in [0.05, 0.1) is 6.26 Å². The molecule has 0 atom stereocenters. The molecular weight excluding hydrogens is 262 g/mol. The molecule has 6 heteroatoms. The number of hydrogen-bond acceptors (Lipinski definition) is 5. The molecule has 2 heterocycles. The van der Waals surface area contributed by atoms with Gasteiger partial charge in [0, 0.05) is 11.5 Å². The lowest BCUT2D eigenvalue weighted by Gasteiger charge is -2.04. The Kier molecular flexibility index (Phi) is 3.99. The van der Waals surface area contributed by atoms with Crippen molar-refractivity contribution in [3.05, 3.63) is 28.7 Å². The van der Waals surface area contributed by atoms with E-state index in [0.29, 0.717) is 16.8 Å². The van der Waals surface area contributed by atoms with Crippen LogP contribution in [0.5, 0.6) is 0 Å². The van der Waals surface area contributed by atoms with Gasteiger partial charge in [-0.3, -0.25) is 10.1 Å². The summed E-state index contributed by atoms with van der Waals surface area (Å²) >= 11 is 1.38. The molecule has 0 aliphatic heterocycles. The van der Waals surface area contributed by atoms with Crippen molar-refractivity contribution in [1.29, 1.82) is 0 Å². The fourth-order valence-electron chi connectivity index (χ4n) is 1.63. The highest BCUT2D eigenvalue weighted by molar-refractivity contribution is 7.15. The second-order valence-electron chi connectivity index (χ2n) is 4.91. The van der Waals surface area contributed by atoms with Gasteiger partial charge in [0.15, 0.2) is 5.76 Å². The van der Waals surface area contributed by atoms with Crippen LogP contribution in [0.25, 0.3) is 0 Å². The molecule has 2 rings (SSSR count). The Balaban J connectivity index is 2.14. The van der Waals surface area contributed by atoms with Crippen LogP contribution in [0.15, 0.2) is 16.7 Å². The normalized spacial score (nSPS) is 11.3. The Morgan fingerprint density at radius 3 is 2.58 bits per heavy atom. The smallest absolute Gasteiger partial charge is 0.293 e. The molecule has 0 bridgehead atoms. The minimum Gasteiger partial charge on any atom is -0.459 e. The summed E-state index contributed by atoms with van der Waals surface area (Å²) in [4.78, 5) is 12.1. The maximum Gasteiger partial charge on any atom is 0.293 e. The van der Waals surface area contributed by atoms with Crippen LogP contribution in [0.1, 0.15) is 60.7 Å². The molecule has 1 amide bonds. The predicted octanol–water partition coefficient (Wildman–Crippen LogP) is 3.63. The summed E-state index contributed by atoms with van der Waals surface area (Å²) in [6, 6.07) is 1.82. The minimum atomic E-state index is -0.278. The maximum atomic E-state index is 12.1. The highest BCUT2D eigenvalue weighted by Gasteiger charge is 2.19. The summed E-state index contributed by atoms with van der Waals surface area (Å²) in [6.07, 6.45) is 1.53. The molecule has 102 valence electrons. The number of hydrogen-bond donors (Lipinski definition) is 1. The van der Waals surface area contributed by atoms with Crippen LogP contribution in [-0.4, -0.2) is 16.1 Å². The number of nitrogens with zero attached hydrogens (tertiary/aromatic N) is 2. The lowest BCUT2D eigenvalue weighted by atomic mass is 10.0. The molecule has 5 nitrogen and oxygen atoms in total. The highest BCUT2D eigenvalue weighted by Crippen LogP contribution is 2.25. The van der Waals surface area contributed by atoms with Crippen molar-refractivity contribution in [2.75, 3.05) is 5.32 Å². The molecule has 0 saturated carbocycles. The average Bonchev–Trinajstić information content (AvgIpc) is 2.96. The van der Waals surface area contributed by atoms with Crippen LogP contribution in [-0.2, 0) is 0 Å². The summed E-state index contributed by atoms with van der Waals surface area (Å²) < 4.78 is 5.26. The molecule has 0 aromatic carbocycles. The predicted molar refractivity (Wildman–Crippen MR) is 74.7 cm³/mol. The van der Waals surface area contributed by atoms with Gasteiger partial charge in [0.25, 0.3) is 5.91 Å². The van der Waals surface area contributed by atoms with E-state index in [2.05, 4.69) is 15.5 Å². The van der Waals surface area contributed by atoms with Gasteiger partial charge < -0.3 is 4.42 Å². The molecule has 2 aromatic heterocycles. The third-order valence-corrected chi connectivity index (χ3v) is 3.82. The van der Waals surface area contributed by atoms with Crippen molar-refractivity contribution < 1.29 is 9.21 Å². The summed E-state index contributed by atoms with van der Waals surface area (Å²) in [7, 11) is 0. The second-order valence-corrected chi connectivity index (χ2v) is 5.92. The van der Waals surface area contributed by atoms with E-state index in [1.807, 2.05) is 33.8 Å². The number of anilines is 1. The highest BCUT2D eigenvalue weighted by atomic mass is 32.1. The Morgan fingerprint density at radius 2 is 2.00 bits per heavy atom. The fourth-order valence-corrected chi connectivity index (χ4v) is 2.37. The molecular formula is C13H17N3O2S. The van der Waals surface area contributed by atoms with Crippen molar-refractivity contribution in [1.82, 2.24) is 10.2 Å². The number of carbonyl (C=O) groups excluding carboxylic acids is 1. The van der Waals surface area contributed by atoms with Crippen LogP contribution in [0.2, 0.25) is 0 Å². The Hall–Kier alpha value is -1.69. The number of rotatable bonds is 4. The van der Waals surface area contributed by atoms with Gasteiger partial charge in [-0.15, -0.1) is 10.2 Å². The summed E-state index contributed by atoms with van der Waals surface area (Å²) in [5.74, 6) is 0.606. The molecule has 0 saturated heterocycles. The van der Waals surface area contributed by atoms with Crippen LogP contribution < -0.4 is 5.32 Å². The Morgan fingerprint density at radius 1 is 1.26 bits per heavy atom. The van der Waals surface area contributed by atoms with Crippen molar-refractivity contribution in [3.63, 3.8) is 0 Å². The SMILES string of the molecule is CC(C)c1nnc(NC(=O)c2occc2C(C)C)s1. The summed E-state index contributed by atoms with van der Waals surface area (Å²) in [5.41, 5.74) is 0.895. The monoisotopic (exact) mass is 279 g/mol. The zero-order valence-corrected chi connectivity index (χ0v) is 12.2. The zero-order chi connectivity index (χ0) is 14.0. The lowest BCUT2D eigenvalue weighted by molar-refractivity contribution is 0.0995. The van der Waals surface area contributed by atoms with E-state index in [-0.39, 0.29) is 11.8 Å². The van der Waals surface area contributed by atoms with Crippen molar-refractivity contribution in [3.8, 4) is 0 Å². The minimum absolute atomic E-state index is 0.236. The van der Waals surface area contributed by atoms with Gasteiger partial charge >= 0.3 is 0 Å². The molecule has 1 N–H and O–H groups in total. The Bertz CT molecular complexity index is 572. The van der Waals surface area contributed by atoms with Gasteiger partial charge in [-0.25, -0.2) is 0 Å². The largest absolute Gasteiger partial charge is 0.459 e. The lowest BCUT2D eigenvalue weighted by Crippen LogP contribution is -2.13. The molecule has 0 fully saturated rings. The first kappa shape index (κ1) is 13.7. The third-order valence-electron chi connectivity index (χ3n) is 2.68. The van der Waals surface area contributed by atoms with E-state index < -0.39 is 0 Å². The van der Waals surface area contributed by atoms with Crippen molar-refractivity contribution in [2.24, 2.45) is 0 Å². The molecule has 19 heavy (non-hydrogen) atoms. The third kappa shape index (κ3) is 3.01. The number of nitrogens with one attached hydrogen (secondary N) is 1. The quantitative estimate of drug-likeness (QED) is 0.928. The number of amides is 1. The number of furan rings is 1. The van der Waals surface area contributed by atoms with E-state index in [0.717, 1.165) is 10.6 Å². The van der Waals surface area contributed by atoms with Crippen LogP contribution >= 0.6 is 11.3 Å². The maximum absolute atomic E-state index is 12.1. The van der Waals surface area contributed by atoms with E-state index in [1.54, 1.807) is 0 Å². The average molecular weight is 279 g/mol. The fraction of sp³-hybridized carbons (Fsp3) is 0.462. The van der Waals surface area contributed by atoms with Crippen LogP contribution in [0, 0.1) is 0 Å². The summed E-state index contributed by atoms with van der Waals surface area (Å²) in [6.45, 7) is 8.11. The number of carbonyl (C=O) groups is 1. The first-order chi connectivity index (χ1) is 8.99. The second kappa shape index (κ2) is 5.52. The van der Waals surface area contributed by atoms with Crippen LogP contribution in [0.3, 0.4) is 0 Å². The summed E-state index contributed by atoms with van der Waals surface area (Å²) in [5, 5.41) is 12.1. The van der Waals surface area contributed by atoms with Gasteiger partial charge in [-0.1, -0.05) is 39.0 Å². The van der Waals surface area contributed by atoms with E-state index in [1.165, 1.54) is 17.6 Å². The Labute approximate surface area is 116 Å². The topological polar surface area (TPSA) is 68.0 Å². The zero-order valence-electron chi connectivity index (χ0n) is 11.4. The van der Waals surface area contributed by atoms with Gasteiger partial charge in [-0.2, -0.15) is 0 Å². The molecule has 2 aromatic rings. The van der Waals surface area contributed by atoms with Crippen LogP contribution in [0.4, 0.5) is 5.13 Å². The first-order valence-corrected chi connectivity index (χ1v) is 7.02. The van der Waals surface area contributed by atoms with Crippen molar-refractivity contribution in [2.45, 2.75) is 39.5 Å². The molecule has 0 aliphatic carbocycles. The van der Waals surface area contributed by atoms with E-state index >= 15 is 0 Å². The van der Waals surface area contributed by atoms with E-state index in [4.69, 9.17) is 4.42 Å². The molecule has 0 spiro atoms. The first-order valence-electron chi connectivity index (χ1n) is 6.21.